The monoisotopic (exact) mass is 215 g/mol. The normalized spacial score (nSPS) is 26.2. The van der Waals surface area contributed by atoms with Crippen LogP contribution in [0, 0.1) is 6.92 Å². The smallest absolute Gasteiger partial charge is 0.0329 e. The predicted octanol–water partition coefficient (Wildman–Crippen LogP) is 3.47. The maximum atomic E-state index is 3.50. The first kappa shape index (κ1) is 10.3. The van der Waals surface area contributed by atoms with Crippen LogP contribution < -0.4 is 5.32 Å². The van der Waals surface area contributed by atoms with Crippen LogP contribution in [-0.4, -0.2) is 7.05 Å². The molecule has 1 heteroatoms. The molecule has 1 aromatic carbocycles. The third kappa shape index (κ3) is 1.34. The Bertz CT molecular complexity index is 402. The Labute approximate surface area is 98.3 Å². The van der Waals surface area contributed by atoms with Crippen molar-refractivity contribution in [1.82, 2.24) is 5.32 Å². The minimum Gasteiger partial charge on any atom is -0.313 e. The molecular formula is C15H21N. The quantitative estimate of drug-likeness (QED) is 0.756. The number of hydrogen-bond donors (Lipinski definition) is 1. The SMILES string of the molecule is CNC1CC2(CCCC2)c2ccc(C)cc21. The molecule has 0 aromatic heterocycles. The fourth-order valence-corrected chi connectivity index (χ4v) is 3.85. The molecule has 2 aliphatic rings. The summed E-state index contributed by atoms with van der Waals surface area (Å²) in [6.45, 7) is 2.20. The van der Waals surface area contributed by atoms with Crippen LogP contribution >= 0.6 is 0 Å². The average molecular weight is 215 g/mol. The van der Waals surface area contributed by atoms with E-state index < -0.39 is 0 Å². The van der Waals surface area contributed by atoms with E-state index >= 15 is 0 Å². The second-order valence-electron chi connectivity index (χ2n) is 5.62. The molecule has 1 spiro atoms. The van der Waals surface area contributed by atoms with Gasteiger partial charge in [-0.05, 0) is 49.8 Å². The van der Waals surface area contributed by atoms with E-state index in [-0.39, 0.29) is 0 Å². The lowest BCUT2D eigenvalue weighted by Gasteiger charge is -2.24. The van der Waals surface area contributed by atoms with Crippen molar-refractivity contribution < 1.29 is 0 Å². The van der Waals surface area contributed by atoms with Crippen LogP contribution in [-0.2, 0) is 5.41 Å². The van der Waals surface area contributed by atoms with Gasteiger partial charge in [-0.25, -0.2) is 0 Å². The minimum atomic E-state index is 0.525. The van der Waals surface area contributed by atoms with E-state index in [4.69, 9.17) is 0 Å². The molecule has 1 fully saturated rings. The molecule has 0 amide bonds. The first-order valence-electron chi connectivity index (χ1n) is 6.53. The molecule has 3 rings (SSSR count). The van der Waals surface area contributed by atoms with Crippen molar-refractivity contribution in [3.63, 3.8) is 0 Å². The number of nitrogens with one attached hydrogen (secondary N) is 1. The zero-order valence-corrected chi connectivity index (χ0v) is 10.3. The van der Waals surface area contributed by atoms with Gasteiger partial charge in [0.25, 0.3) is 0 Å². The zero-order chi connectivity index (χ0) is 11.2. The number of rotatable bonds is 1. The Morgan fingerprint density at radius 2 is 2.00 bits per heavy atom. The third-order valence-electron chi connectivity index (χ3n) is 4.66. The largest absolute Gasteiger partial charge is 0.313 e. The van der Waals surface area contributed by atoms with Gasteiger partial charge in [0.05, 0.1) is 0 Å². The Hall–Kier alpha value is -0.820. The molecule has 0 radical (unpaired) electrons. The summed E-state index contributed by atoms with van der Waals surface area (Å²) in [5, 5.41) is 3.50. The standard InChI is InChI=1S/C15H21N/c1-11-5-6-13-12(9-11)14(16-2)10-15(13)7-3-4-8-15/h5-6,9,14,16H,3-4,7-8,10H2,1-2H3. The number of benzene rings is 1. The number of aryl methyl sites for hydroxylation is 1. The maximum absolute atomic E-state index is 3.50. The molecule has 1 aromatic rings. The van der Waals surface area contributed by atoms with Gasteiger partial charge in [0, 0.05) is 6.04 Å². The van der Waals surface area contributed by atoms with E-state index in [2.05, 4.69) is 37.5 Å². The predicted molar refractivity (Wildman–Crippen MR) is 67.7 cm³/mol. The second kappa shape index (κ2) is 3.59. The Morgan fingerprint density at radius 1 is 1.25 bits per heavy atom. The van der Waals surface area contributed by atoms with Crippen molar-refractivity contribution in [1.29, 1.82) is 0 Å². The third-order valence-corrected chi connectivity index (χ3v) is 4.66. The summed E-state index contributed by atoms with van der Waals surface area (Å²) in [5.74, 6) is 0. The Kier molecular flexibility index (Phi) is 2.32. The van der Waals surface area contributed by atoms with E-state index in [0.717, 1.165) is 0 Å². The maximum Gasteiger partial charge on any atom is 0.0329 e. The minimum absolute atomic E-state index is 0.525. The van der Waals surface area contributed by atoms with Crippen molar-refractivity contribution in [2.75, 3.05) is 7.05 Å². The van der Waals surface area contributed by atoms with Gasteiger partial charge in [-0.2, -0.15) is 0 Å². The van der Waals surface area contributed by atoms with Gasteiger partial charge in [0.1, 0.15) is 0 Å². The lowest BCUT2D eigenvalue weighted by Crippen LogP contribution is -2.20. The van der Waals surface area contributed by atoms with Gasteiger partial charge in [-0.3, -0.25) is 0 Å². The van der Waals surface area contributed by atoms with Crippen LogP contribution in [0.4, 0.5) is 0 Å². The average Bonchev–Trinajstić information content (AvgIpc) is 2.86. The number of hydrogen-bond acceptors (Lipinski definition) is 1. The number of fused-ring (bicyclic) bond motifs is 2. The van der Waals surface area contributed by atoms with E-state index in [1.165, 1.54) is 37.7 Å². The van der Waals surface area contributed by atoms with Gasteiger partial charge in [0.2, 0.25) is 0 Å². The molecule has 0 bridgehead atoms. The fraction of sp³-hybridized carbons (Fsp3) is 0.600. The molecule has 86 valence electrons. The fourth-order valence-electron chi connectivity index (χ4n) is 3.85. The lowest BCUT2D eigenvalue weighted by molar-refractivity contribution is 0.390. The highest BCUT2D eigenvalue weighted by molar-refractivity contribution is 5.44. The first-order chi connectivity index (χ1) is 7.75. The van der Waals surface area contributed by atoms with E-state index in [9.17, 15) is 0 Å². The molecule has 1 atom stereocenters. The highest BCUT2D eigenvalue weighted by Gasteiger charge is 2.44. The summed E-state index contributed by atoms with van der Waals surface area (Å²) >= 11 is 0. The van der Waals surface area contributed by atoms with Crippen LogP contribution in [0.25, 0.3) is 0 Å². The molecule has 0 heterocycles. The summed E-state index contributed by atoms with van der Waals surface area (Å²) in [4.78, 5) is 0. The molecule has 1 saturated carbocycles. The molecule has 0 aliphatic heterocycles. The first-order valence-corrected chi connectivity index (χ1v) is 6.53. The zero-order valence-electron chi connectivity index (χ0n) is 10.3. The van der Waals surface area contributed by atoms with Crippen LogP contribution in [0.1, 0.15) is 54.8 Å². The van der Waals surface area contributed by atoms with E-state index in [1.54, 1.807) is 11.1 Å². The highest BCUT2D eigenvalue weighted by atomic mass is 14.9. The van der Waals surface area contributed by atoms with Crippen molar-refractivity contribution in [3.05, 3.63) is 34.9 Å². The molecule has 1 unspecified atom stereocenters. The van der Waals surface area contributed by atoms with Gasteiger partial charge in [0.15, 0.2) is 0 Å². The molecule has 0 saturated heterocycles. The van der Waals surface area contributed by atoms with E-state index in [1.807, 2.05) is 0 Å². The molecule has 1 nitrogen and oxygen atoms in total. The summed E-state index contributed by atoms with van der Waals surface area (Å²) < 4.78 is 0. The van der Waals surface area contributed by atoms with Gasteiger partial charge >= 0.3 is 0 Å². The molecular weight excluding hydrogens is 194 g/mol. The van der Waals surface area contributed by atoms with Crippen LogP contribution in [0.2, 0.25) is 0 Å². The molecule has 16 heavy (non-hydrogen) atoms. The summed E-state index contributed by atoms with van der Waals surface area (Å²) in [6.07, 6.45) is 6.97. The Morgan fingerprint density at radius 3 is 2.69 bits per heavy atom. The highest BCUT2D eigenvalue weighted by Crippen LogP contribution is 2.53. The molecule has 1 N–H and O–H groups in total. The van der Waals surface area contributed by atoms with Crippen molar-refractivity contribution in [2.45, 2.75) is 50.5 Å². The van der Waals surface area contributed by atoms with Crippen LogP contribution in [0.3, 0.4) is 0 Å². The van der Waals surface area contributed by atoms with Crippen LogP contribution in [0.5, 0.6) is 0 Å². The lowest BCUT2D eigenvalue weighted by atomic mass is 9.80. The molecule has 2 aliphatic carbocycles. The topological polar surface area (TPSA) is 12.0 Å². The summed E-state index contributed by atoms with van der Waals surface area (Å²) in [7, 11) is 2.10. The van der Waals surface area contributed by atoms with Crippen molar-refractivity contribution >= 4 is 0 Å². The van der Waals surface area contributed by atoms with Gasteiger partial charge < -0.3 is 5.32 Å². The summed E-state index contributed by atoms with van der Waals surface area (Å²) in [6, 6.07) is 7.67. The van der Waals surface area contributed by atoms with Crippen molar-refractivity contribution in [3.8, 4) is 0 Å². The van der Waals surface area contributed by atoms with Gasteiger partial charge in [-0.15, -0.1) is 0 Å². The Balaban J connectivity index is 2.10. The second-order valence-corrected chi connectivity index (χ2v) is 5.62. The van der Waals surface area contributed by atoms with Gasteiger partial charge in [-0.1, -0.05) is 36.6 Å². The van der Waals surface area contributed by atoms with Crippen LogP contribution in [0.15, 0.2) is 18.2 Å². The van der Waals surface area contributed by atoms with Crippen molar-refractivity contribution in [2.24, 2.45) is 0 Å². The summed E-state index contributed by atoms with van der Waals surface area (Å²) in [5.41, 5.74) is 5.14. The van der Waals surface area contributed by atoms with E-state index in [0.29, 0.717) is 11.5 Å².